The Morgan fingerprint density at radius 1 is 1.18 bits per heavy atom. The molecule has 0 bridgehead atoms. The second-order valence-corrected chi connectivity index (χ2v) is 4.75. The molecule has 17 heavy (non-hydrogen) atoms. The van der Waals surface area contributed by atoms with Gasteiger partial charge in [0, 0.05) is 5.41 Å². The molecule has 0 atom stereocenters. The Morgan fingerprint density at radius 2 is 1.76 bits per heavy atom. The maximum atomic E-state index is 5.87. The van der Waals surface area contributed by atoms with Crippen LogP contribution >= 0.6 is 12.6 Å². The molecule has 2 rings (SSSR count). The predicted octanol–water partition coefficient (Wildman–Crippen LogP) is 2.79. The molecule has 0 unspecified atom stereocenters. The number of para-hydroxylation sites is 1. The topological polar surface area (TPSA) is 27.7 Å². The fourth-order valence-corrected chi connectivity index (χ4v) is 2.12. The van der Waals surface area contributed by atoms with Crippen molar-refractivity contribution in [2.75, 3.05) is 26.6 Å². The number of rotatable bonds is 6. The summed E-state index contributed by atoms with van der Waals surface area (Å²) < 4.78 is 16.4. The molecule has 0 saturated heterocycles. The van der Waals surface area contributed by atoms with Gasteiger partial charge < -0.3 is 14.2 Å². The van der Waals surface area contributed by atoms with Gasteiger partial charge in [0.25, 0.3) is 0 Å². The lowest BCUT2D eigenvalue weighted by Crippen LogP contribution is -2.15. The zero-order valence-corrected chi connectivity index (χ0v) is 11.1. The van der Waals surface area contributed by atoms with E-state index in [-0.39, 0.29) is 5.41 Å². The summed E-state index contributed by atoms with van der Waals surface area (Å²) >= 11 is 4.37. The van der Waals surface area contributed by atoms with E-state index in [4.69, 9.17) is 14.2 Å². The second-order valence-electron chi connectivity index (χ2n) is 4.44. The van der Waals surface area contributed by atoms with Crippen LogP contribution in [0.4, 0.5) is 0 Å². The average Bonchev–Trinajstić information content (AvgIpc) is 3.16. The molecule has 1 aliphatic rings. The lowest BCUT2D eigenvalue weighted by atomic mass is 10.1. The van der Waals surface area contributed by atoms with Crippen molar-refractivity contribution < 1.29 is 14.2 Å². The highest BCUT2D eigenvalue weighted by Gasteiger charge is 2.42. The van der Waals surface area contributed by atoms with Crippen molar-refractivity contribution in [3.05, 3.63) is 18.2 Å². The van der Waals surface area contributed by atoms with Gasteiger partial charge in [0.05, 0.1) is 20.8 Å². The van der Waals surface area contributed by atoms with Gasteiger partial charge in [-0.2, -0.15) is 12.6 Å². The van der Waals surface area contributed by atoms with Gasteiger partial charge in [-0.15, -0.1) is 0 Å². The number of thiol groups is 1. The van der Waals surface area contributed by atoms with Crippen molar-refractivity contribution in [2.45, 2.75) is 12.8 Å². The minimum Gasteiger partial charge on any atom is -0.493 e. The van der Waals surface area contributed by atoms with Gasteiger partial charge in [-0.05, 0) is 30.7 Å². The molecule has 0 aliphatic heterocycles. The molecule has 1 aliphatic carbocycles. The standard InChI is InChI=1S/C13H18O3S/c1-14-10-4-3-5-11(15-2)12(10)16-8-13(9-17)6-7-13/h3-5,17H,6-9H2,1-2H3. The van der Waals surface area contributed by atoms with E-state index in [0.717, 1.165) is 5.75 Å². The molecule has 1 aromatic rings. The number of benzene rings is 1. The Labute approximate surface area is 107 Å². The molecular formula is C13H18O3S. The zero-order chi connectivity index (χ0) is 12.3. The van der Waals surface area contributed by atoms with Gasteiger partial charge in [-0.3, -0.25) is 0 Å². The smallest absolute Gasteiger partial charge is 0.203 e. The molecule has 4 heteroatoms. The lowest BCUT2D eigenvalue weighted by Gasteiger charge is -2.17. The Bertz CT molecular complexity index is 366. The number of ether oxygens (including phenoxy) is 3. The quantitative estimate of drug-likeness (QED) is 0.791. The number of hydrogen-bond acceptors (Lipinski definition) is 4. The van der Waals surface area contributed by atoms with E-state index in [1.54, 1.807) is 14.2 Å². The molecule has 0 aromatic heterocycles. The Hall–Kier alpha value is -1.03. The van der Waals surface area contributed by atoms with Crippen LogP contribution in [-0.2, 0) is 0 Å². The summed E-state index contributed by atoms with van der Waals surface area (Å²) in [6, 6.07) is 5.63. The molecular weight excluding hydrogens is 236 g/mol. The first-order valence-corrected chi connectivity index (χ1v) is 6.32. The summed E-state index contributed by atoms with van der Waals surface area (Å²) in [4.78, 5) is 0. The molecule has 0 spiro atoms. The van der Waals surface area contributed by atoms with E-state index in [9.17, 15) is 0 Å². The van der Waals surface area contributed by atoms with Gasteiger partial charge in [-0.25, -0.2) is 0 Å². The van der Waals surface area contributed by atoms with Crippen LogP contribution in [0.25, 0.3) is 0 Å². The second kappa shape index (κ2) is 5.08. The largest absolute Gasteiger partial charge is 0.493 e. The van der Waals surface area contributed by atoms with Gasteiger partial charge in [-0.1, -0.05) is 6.07 Å². The van der Waals surface area contributed by atoms with Gasteiger partial charge >= 0.3 is 0 Å². The highest BCUT2D eigenvalue weighted by atomic mass is 32.1. The van der Waals surface area contributed by atoms with Gasteiger partial charge in [0.1, 0.15) is 0 Å². The molecule has 0 amide bonds. The summed E-state index contributed by atoms with van der Waals surface area (Å²) in [5.74, 6) is 2.97. The molecule has 1 fully saturated rings. The summed E-state index contributed by atoms with van der Waals surface area (Å²) in [5, 5.41) is 0. The first kappa shape index (κ1) is 12.4. The third-order valence-corrected chi connectivity index (χ3v) is 3.87. The fourth-order valence-electron chi connectivity index (χ4n) is 1.71. The highest BCUT2D eigenvalue weighted by Crippen LogP contribution is 2.48. The minimum absolute atomic E-state index is 0.259. The van der Waals surface area contributed by atoms with Crippen molar-refractivity contribution in [2.24, 2.45) is 5.41 Å². The molecule has 0 heterocycles. The predicted molar refractivity (Wildman–Crippen MR) is 70.6 cm³/mol. The van der Waals surface area contributed by atoms with E-state index in [1.807, 2.05) is 18.2 Å². The van der Waals surface area contributed by atoms with Crippen LogP contribution in [-0.4, -0.2) is 26.6 Å². The van der Waals surface area contributed by atoms with Crippen molar-refractivity contribution in [1.82, 2.24) is 0 Å². The Balaban J connectivity index is 2.13. The van der Waals surface area contributed by atoms with E-state index in [2.05, 4.69) is 12.6 Å². The van der Waals surface area contributed by atoms with E-state index in [1.165, 1.54) is 12.8 Å². The van der Waals surface area contributed by atoms with Gasteiger partial charge in [0.15, 0.2) is 11.5 Å². The third kappa shape index (κ3) is 2.63. The first-order valence-electron chi connectivity index (χ1n) is 5.69. The van der Waals surface area contributed by atoms with Crippen LogP contribution in [0.2, 0.25) is 0 Å². The fraction of sp³-hybridized carbons (Fsp3) is 0.538. The van der Waals surface area contributed by atoms with Crippen molar-refractivity contribution >= 4 is 12.6 Å². The zero-order valence-electron chi connectivity index (χ0n) is 10.2. The van der Waals surface area contributed by atoms with Crippen LogP contribution in [0, 0.1) is 5.41 Å². The third-order valence-electron chi connectivity index (χ3n) is 3.20. The molecule has 3 nitrogen and oxygen atoms in total. The van der Waals surface area contributed by atoms with Crippen LogP contribution < -0.4 is 14.2 Å². The molecule has 1 saturated carbocycles. The monoisotopic (exact) mass is 254 g/mol. The highest BCUT2D eigenvalue weighted by molar-refractivity contribution is 7.80. The van der Waals surface area contributed by atoms with E-state index >= 15 is 0 Å². The summed E-state index contributed by atoms with van der Waals surface area (Å²) in [5.41, 5.74) is 0.259. The average molecular weight is 254 g/mol. The van der Waals surface area contributed by atoms with Crippen LogP contribution in [0.15, 0.2) is 18.2 Å². The van der Waals surface area contributed by atoms with Crippen LogP contribution in [0.1, 0.15) is 12.8 Å². The Kier molecular flexibility index (Phi) is 3.72. The lowest BCUT2D eigenvalue weighted by molar-refractivity contribution is 0.228. The maximum absolute atomic E-state index is 5.87. The number of hydrogen-bond donors (Lipinski definition) is 1. The minimum atomic E-state index is 0.259. The van der Waals surface area contributed by atoms with Crippen molar-refractivity contribution in [1.29, 1.82) is 0 Å². The molecule has 0 radical (unpaired) electrons. The molecule has 94 valence electrons. The molecule has 0 N–H and O–H groups in total. The van der Waals surface area contributed by atoms with E-state index < -0.39 is 0 Å². The first-order chi connectivity index (χ1) is 8.24. The van der Waals surface area contributed by atoms with Crippen molar-refractivity contribution in [3.8, 4) is 17.2 Å². The normalized spacial score (nSPS) is 16.4. The Morgan fingerprint density at radius 3 is 2.18 bits per heavy atom. The number of methoxy groups -OCH3 is 2. The summed E-state index contributed by atoms with van der Waals surface area (Å²) in [6.07, 6.45) is 2.38. The summed E-state index contributed by atoms with van der Waals surface area (Å²) in [7, 11) is 3.26. The maximum Gasteiger partial charge on any atom is 0.203 e. The van der Waals surface area contributed by atoms with Crippen molar-refractivity contribution in [3.63, 3.8) is 0 Å². The molecule has 1 aromatic carbocycles. The van der Waals surface area contributed by atoms with Gasteiger partial charge in [0.2, 0.25) is 5.75 Å². The van der Waals surface area contributed by atoms with Crippen LogP contribution in [0.3, 0.4) is 0 Å². The summed E-state index contributed by atoms with van der Waals surface area (Å²) in [6.45, 7) is 0.674. The van der Waals surface area contributed by atoms with E-state index in [0.29, 0.717) is 23.9 Å². The SMILES string of the molecule is COc1cccc(OC)c1OCC1(CS)CC1. The van der Waals surface area contributed by atoms with Crippen LogP contribution in [0.5, 0.6) is 17.2 Å².